The zero-order valence-electron chi connectivity index (χ0n) is 7.91. The molecule has 14 heavy (non-hydrogen) atoms. The molecule has 76 valence electrons. The minimum Gasteiger partial charge on any atom is -0.388 e. The highest BCUT2D eigenvalue weighted by Crippen LogP contribution is 2.30. The smallest absolute Gasteiger partial charge is 0.0845 e. The molecule has 1 saturated heterocycles. The molecule has 1 aliphatic heterocycles. The van der Waals surface area contributed by atoms with Gasteiger partial charge in [0.1, 0.15) is 0 Å². The van der Waals surface area contributed by atoms with E-state index in [4.69, 9.17) is 11.6 Å². The highest BCUT2D eigenvalue weighted by molar-refractivity contribution is 6.31. The number of halogens is 1. The van der Waals surface area contributed by atoms with Crippen LogP contribution < -0.4 is 5.32 Å². The number of hydrogen-bond acceptors (Lipinski definition) is 2. The molecular weight excluding hydrogens is 198 g/mol. The Balaban J connectivity index is 2.17. The van der Waals surface area contributed by atoms with Crippen molar-refractivity contribution in [2.45, 2.75) is 12.5 Å². The maximum Gasteiger partial charge on any atom is 0.0845 e. The van der Waals surface area contributed by atoms with Crippen molar-refractivity contribution in [3.8, 4) is 0 Å². The summed E-state index contributed by atoms with van der Waals surface area (Å²) in [6.07, 6.45) is 0.588. The number of nitrogens with one attached hydrogen (secondary N) is 1. The molecule has 0 saturated carbocycles. The topological polar surface area (TPSA) is 32.3 Å². The van der Waals surface area contributed by atoms with E-state index in [1.54, 1.807) is 0 Å². The summed E-state index contributed by atoms with van der Waals surface area (Å²) in [6.45, 7) is 1.87. The van der Waals surface area contributed by atoms with Crippen LogP contribution in [0.4, 0.5) is 0 Å². The van der Waals surface area contributed by atoms with Crippen molar-refractivity contribution in [1.82, 2.24) is 5.32 Å². The predicted octanol–water partition coefficient (Wildman–Crippen LogP) is 1.98. The first-order valence-corrected chi connectivity index (χ1v) is 5.30. The molecule has 0 bridgehead atoms. The molecule has 1 heterocycles. The standard InChI is InChI=1S/C11H14ClNO/c12-10-4-2-1-3-9(10)11(14)8-5-6-13-7-8/h1-4,8,11,13-14H,5-7H2. The summed E-state index contributed by atoms with van der Waals surface area (Å²) >= 11 is 6.02. The van der Waals surface area contributed by atoms with E-state index in [9.17, 15) is 5.11 Å². The number of hydrogen-bond donors (Lipinski definition) is 2. The Kier molecular flexibility index (Phi) is 3.06. The Morgan fingerprint density at radius 1 is 1.43 bits per heavy atom. The van der Waals surface area contributed by atoms with E-state index in [0.29, 0.717) is 10.9 Å². The van der Waals surface area contributed by atoms with Crippen molar-refractivity contribution in [2.24, 2.45) is 5.92 Å². The second-order valence-corrected chi connectivity index (χ2v) is 4.13. The average Bonchev–Trinajstić information content (AvgIpc) is 2.70. The highest BCUT2D eigenvalue weighted by atomic mass is 35.5. The van der Waals surface area contributed by atoms with Gasteiger partial charge in [-0.1, -0.05) is 29.8 Å². The molecule has 0 spiro atoms. The molecule has 0 radical (unpaired) electrons. The Morgan fingerprint density at radius 3 is 2.86 bits per heavy atom. The van der Waals surface area contributed by atoms with E-state index < -0.39 is 6.10 Å². The maximum atomic E-state index is 10.1. The molecule has 2 nitrogen and oxygen atoms in total. The van der Waals surface area contributed by atoms with Gasteiger partial charge >= 0.3 is 0 Å². The molecule has 2 rings (SSSR count). The van der Waals surface area contributed by atoms with Gasteiger partial charge in [0, 0.05) is 17.5 Å². The number of aliphatic hydroxyl groups is 1. The highest BCUT2D eigenvalue weighted by Gasteiger charge is 2.25. The van der Waals surface area contributed by atoms with Crippen LogP contribution in [0.1, 0.15) is 18.1 Å². The average molecular weight is 212 g/mol. The van der Waals surface area contributed by atoms with Crippen LogP contribution >= 0.6 is 11.6 Å². The second-order valence-electron chi connectivity index (χ2n) is 3.72. The summed E-state index contributed by atoms with van der Waals surface area (Å²) in [4.78, 5) is 0. The molecule has 3 heteroatoms. The molecule has 0 aliphatic carbocycles. The van der Waals surface area contributed by atoms with Gasteiger partial charge in [-0.05, 0) is 24.6 Å². The van der Waals surface area contributed by atoms with Gasteiger partial charge in [0.05, 0.1) is 6.10 Å². The van der Waals surface area contributed by atoms with E-state index in [0.717, 1.165) is 25.1 Å². The Bertz CT molecular complexity index is 310. The summed E-state index contributed by atoms with van der Waals surface area (Å²) < 4.78 is 0. The van der Waals surface area contributed by atoms with Crippen LogP contribution in [-0.2, 0) is 0 Å². The maximum absolute atomic E-state index is 10.1. The van der Waals surface area contributed by atoms with E-state index in [2.05, 4.69) is 5.32 Å². The van der Waals surface area contributed by atoms with Crippen LogP contribution in [0.25, 0.3) is 0 Å². The van der Waals surface area contributed by atoms with Crippen LogP contribution in [0.15, 0.2) is 24.3 Å². The van der Waals surface area contributed by atoms with Crippen molar-refractivity contribution in [1.29, 1.82) is 0 Å². The third kappa shape index (κ3) is 1.92. The fourth-order valence-corrected chi connectivity index (χ4v) is 2.16. The lowest BCUT2D eigenvalue weighted by Crippen LogP contribution is -2.16. The summed E-state index contributed by atoms with van der Waals surface area (Å²) in [7, 11) is 0. The SMILES string of the molecule is OC(c1ccccc1Cl)C1CCNC1. The summed E-state index contributed by atoms with van der Waals surface area (Å²) in [5, 5.41) is 14.0. The van der Waals surface area contributed by atoms with Gasteiger partial charge in [0.15, 0.2) is 0 Å². The first-order valence-electron chi connectivity index (χ1n) is 4.92. The number of rotatable bonds is 2. The fraction of sp³-hybridized carbons (Fsp3) is 0.455. The van der Waals surface area contributed by atoms with Gasteiger partial charge in [0.2, 0.25) is 0 Å². The van der Waals surface area contributed by atoms with Gasteiger partial charge in [-0.2, -0.15) is 0 Å². The van der Waals surface area contributed by atoms with Crippen molar-refractivity contribution in [3.63, 3.8) is 0 Å². The van der Waals surface area contributed by atoms with Crippen molar-refractivity contribution >= 4 is 11.6 Å². The van der Waals surface area contributed by atoms with Gasteiger partial charge in [-0.3, -0.25) is 0 Å². The van der Waals surface area contributed by atoms with Crippen LogP contribution in [0.2, 0.25) is 5.02 Å². The summed E-state index contributed by atoms with van der Waals surface area (Å²) in [5.41, 5.74) is 0.850. The first-order chi connectivity index (χ1) is 6.79. The van der Waals surface area contributed by atoms with E-state index in [1.807, 2.05) is 24.3 Å². The van der Waals surface area contributed by atoms with Crippen LogP contribution in [0, 0.1) is 5.92 Å². The number of benzene rings is 1. The first kappa shape index (κ1) is 9.97. The van der Waals surface area contributed by atoms with Gasteiger partial charge < -0.3 is 10.4 Å². The van der Waals surface area contributed by atoms with Gasteiger partial charge in [-0.15, -0.1) is 0 Å². The minimum atomic E-state index is -0.432. The molecule has 2 atom stereocenters. The molecule has 0 amide bonds. The Morgan fingerprint density at radius 2 is 2.21 bits per heavy atom. The van der Waals surface area contributed by atoms with E-state index >= 15 is 0 Å². The largest absolute Gasteiger partial charge is 0.388 e. The third-order valence-electron chi connectivity index (χ3n) is 2.77. The lowest BCUT2D eigenvalue weighted by molar-refractivity contribution is 0.118. The Labute approximate surface area is 88.9 Å². The monoisotopic (exact) mass is 211 g/mol. The predicted molar refractivity (Wildman–Crippen MR) is 57.4 cm³/mol. The van der Waals surface area contributed by atoms with Crippen LogP contribution in [0.3, 0.4) is 0 Å². The molecule has 1 aliphatic rings. The van der Waals surface area contributed by atoms with Gasteiger partial charge in [0.25, 0.3) is 0 Å². The zero-order valence-corrected chi connectivity index (χ0v) is 8.67. The van der Waals surface area contributed by atoms with E-state index in [-0.39, 0.29) is 0 Å². The summed E-state index contributed by atoms with van der Waals surface area (Å²) in [6, 6.07) is 7.51. The fourth-order valence-electron chi connectivity index (χ4n) is 1.92. The summed E-state index contributed by atoms with van der Waals surface area (Å²) in [5.74, 6) is 0.301. The molecule has 1 aromatic rings. The van der Waals surface area contributed by atoms with E-state index in [1.165, 1.54) is 0 Å². The molecule has 1 aromatic carbocycles. The van der Waals surface area contributed by atoms with Gasteiger partial charge in [-0.25, -0.2) is 0 Å². The lowest BCUT2D eigenvalue weighted by atomic mass is 9.95. The quantitative estimate of drug-likeness (QED) is 0.784. The molecule has 2 N–H and O–H groups in total. The third-order valence-corrected chi connectivity index (χ3v) is 3.11. The van der Waals surface area contributed by atoms with Crippen molar-refractivity contribution in [2.75, 3.05) is 13.1 Å². The molecule has 1 fully saturated rings. The van der Waals surface area contributed by atoms with Crippen LogP contribution in [-0.4, -0.2) is 18.2 Å². The minimum absolute atomic E-state index is 0.301. The normalized spacial score (nSPS) is 23.7. The van der Waals surface area contributed by atoms with Crippen molar-refractivity contribution in [3.05, 3.63) is 34.9 Å². The molecule has 2 unspecified atom stereocenters. The molecule has 0 aromatic heterocycles. The number of aliphatic hydroxyl groups excluding tert-OH is 1. The van der Waals surface area contributed by atoms with Crippen molar-refractivity contribution < 1.29 is 5.11 Å². The van der Waals surface area contributed by atoms with Crippen LogP contribution in [0.5, 0.6) is 0 Å². The zero-order chi connectivity index (χ0) is 9.97. The lowest BCUT2D eigenvalue weighted by Gasteiger charge is -2.18. The second kappa shape index (κ2) is 4.30. The molecular formula is C11H14ClNO. The Hall–Kier alpha value is -0.570.